The maximum Gasteiger partial charge on any atom is 0.216 e. The van der Waals surface area contributed by atoms with Crippen LogP contribution in [0.1, 0.15) is 52.9 Å². The second-order valence-electron chi connectivity index (χ2n) is 4.06. The molecule has 3 heteroatoms. The topological polar surface area (TPSA) is 41.1 Å². The van der Waals surface area contributed by atoms with Crippen LogP contribution in [0.5, 0.6) is 0 Å². The van der Waals surface area contributed by atoms with Crippen LogP contribution in [0.25, 0.3) is 0 Å². The second-order valence-corrected chi connectivity index (χ2v) is 4.06. The van der Waals surface area contributed by atoms with Crippen LogP contribution in [0, 0.1) is 0 Å². The highest BCUT2D eigenvalue weighted by atomic mass is 16.1. The van der Waals surface area contributed by atoms with Crippen LogP contribution in [-0.2, 0) is 4.79 Å². The number of carbonyl (C=O) groups excluding carboxylic acids is 1. The average Bonchev–Trinajstić information content (AvgIpc) is 2.20. The Hall–Kier alpha value is -0.570. The smallest absolute Gasteiger partial charge is 0.216 e. The Morgan fingerprint density at radius 1 is 1.13 bits per heavy atom. The molecule has 0 radical (unpaired) electrons. The first-order valence-corrected chi connectivity index (χ1v) is 6.18. The number of nitrogens with one attached hydrogen (secondary N) is 2. The molecule has 0 aromatic carbocycles. The third-order valence-corrected chi connectivity index (χ3v) is 2.48. The van der Waals surface area contributed by atoms with Crippen LogP contribution in [0.4, 0.5) is 0 Å². The van der Waals surface area contributed by atoms with Crippen molar-refractivity contribution < 1.29 is 4.79 Å². The summed E-state index contributed by atoms with van der Waals surface area (Å²) in [6, 6.07) is 0.628. The van der Waals surface area contributed by atoms with E-state index in [1.807, 2.05) is 0 Å². The number of unbranched alkanes of at least 4 members (excludes halogenated alkanes) is 1. The Bertz CT molecular complexity index is 160. The zero-order valence-corrected chi connectivity index (χ0v) is 10.4. The van der Waals surface area contributed by atoms with Crippen LogP contribution in [0.2, 0.25) is 0 Å². The van der Waals surface area contributed by atoms with Gasteiger partial charge in [0.2, 0.25) is 5.91 Å². The van der Waals surface area contributed by atoms with Gasteiger partial charge in [0.25, 0.3) is 0 Å². The minimum atomic E-state index is 0.0531. The molecule has 2 N–H and O–H groups in total. The van der Waals surface area contributed by atoms with E-state index in [0.717, 1.165) is 13.1 Å². The Kier molecular flexibility index (Phi) is 9.59. The first kappa shape index (κ1) is 14.4. The van der Waals surface area contributed by atoms with E-state index >= 15 is 0 Å². The van der Waals surface area contributed by atoms with Crippen molar-refractivity contribution in [3.05, 3.63) is 0 Å². The van der Waals surface area contributed by atoms with Crippen molar-refractivity contribution in [1.29, 1.82) is 0 Å². The largest absolute Gasteiger partial charge is 0.355 e. The van der Waals surface area contributed by atoms with Gasteiger partial charge in [-0.3, -0.25) is 4.79 Å². The number of amides is 1. The highest BCUT2D eigenvalue weighted by molar-refractivity contribution is 5.72. The Morgan fingerprint density at radius 3 is 2.40 bits per heavy atom. The van der Waals surface area contributed by atoms with Crippen molar-refractivity contribution in [2.24, 2.45) is 0 Å². The summed E-state index contributed by atoms with van der Waals surface area (Å²) in [5, 5.41) is 6.29. The molecule has 0 aromatic heterocycles. The van der Waals surface area contributed by atoms with E-state index in [9.17, 15) is 4.79 Å². The van der Waals surface area contributed by atoms with Crippen LogP contribution in [0.15, 0.2) is 0 Å². The van der Waals surface area contributed by atoms with Crippen molar-refractivity contribution in [2.75, 3.05) is 13.1 Å². The van der Waals surface area contributed by atoms with E-state index in [1.165, 1.54) is 32.1 Å². The third-order valence-electron chi connectivity index (χ3n) is 2.48. The van der Waals surface area contributed by atoms with E-state index < -0.39 is 0 Å². The summed E-state index contributed by atoms with van der Waals surface area (Å²) >= 11 is 0. The summed E-state index contributed by atoms with van der Waals surface area (Å²) < 4.78 is 0. The van der Waals surface area contributed by atoms with Gasteiger partial charge in [-0.05, 0) is 12.8 Å². The van der Waals surface area contributed by atoms with Gasteiger partial charge in [-0.25, -0.2) is 0 Å². The minimum Gasteiger partial charge on any atom is -0.355 e. The number of carbonyl (C=O) groups is 1. The molecule has 1 unspecified atom stereocenters. The van der Waals surface area contributed by atoms with Crippen molar-refractivity contribution in [3.8, 4) is 0 Å². The monoisotopic (exact) mass is 214 g/mol. The molecule has 0 heterocycles. The second kappa shape index (κ2) is 9.97. The normalized spacial score (nSPS) is 12.5. The highest BCUT2D eigenvalue weighted by Crippen LogP contribution is 2.06. The van der Waals surface area contributed by atoms with Gasteiger partial charge in [-0.15, -0.1) is 0 Å². The molecule has 0 rings (SSSR count). The van der Waals surface area contributed by atoms with Gasteiger partial charge in [0.15, 0.2) is 0 Å². The Morgan fingerprint density at radius 2 is 1.87 bits per heavy atom. The lowest BCUT2D eigenvalue weighted by Gasteiger charge is -2.17. The van der Waals surface area contributed by atoms with Gasteiger partial charge >= 0.3 is 0 Å². The maximum absolute atomic E-state index is 10.6. The summed E-state index contributed by atoms with van der Waals surface area (Å²) in [6.07, 6.45) is 6.26. The molecule has 90 valence electrons. The predicted octanol–water partition coefficient (Wildman–Crippen LogP) is 2.07. The zero-order valence-electron chi connectivity index (χ0n) is 10.4. The number of hydrogen-bond acceptors (Lipinski definition) is 2. The van der Waals surface area contributed by atoms with Crippen molar-refractivity contribution >= 4 is 5.91 Å². The lowest BCUT2D eigenvalue weighted by molar-refractivity contribution is -0.118. The fourth-order valence-electron chi connectivity index (χ4n) is 1.66. The molecule has 0 bridgehead atoms. The summed E-state index contributed by atoms with van der Waals surface area (Å²) in [5.41, 5.74) is 0. The van der Waals surface area contributed by atoms with Crippen LogP contribution >= 0.6 is 0 Å². The van der Waals surface area contributed by atoms with Gasteiger partial charge in [0.1, 0.15) is 0 Å². The van der Waals surface area contributed by atoms with E-state index in [1.54, 1.807) is 6.92 Å². The molecule has 1 amide bonds. The average molecular weight is 214 g/mol. The minimum absolute atomic E-state index is 0.0531. The maximum atomic E-state index is 10.6. The van der Waals surface area contributed by atoms with Gasteiger partial charge < -0.3 is 10.6 Å². The Labute approximate surface area is 94.0 Å². The van der Waals surface area contributed by atoms with Gasteiger partial charge in [0.05, 0.1) is 0 Å². The van der Waals surface area contributed by atoms with E-state index in [-0.39, 0.29) is 5.91 Å². The standard InChI is InChI=1S/C12H26N2O/c1-4-6-8-12(7-5-2)14-10-9-13-11(3)15/h12,14H,4-10H2,1-3H3,(H,13,15). The molecule has 1 atom stereocenters. The van der Waals surface area contributed by atoms with Gasteiger partial charge in [-0.1, -0.05) is 33.1 Å². The quantitative estimate of drug-likeness (QED) is 0.577. The summed E-state index contributed by atoms with van der Waals surface area (Å²) in [6.45, 7) is 7.62. The lowest BCUT2D eigenvalue weighted by Crippen LogP contribution is -2.36. The molecular formula is C12H26N2O. The van der Waals surface area contributed by atoms with Gasteiger partial charge in [-0.2, -0.15) is 0 Å². The number of rotatable bonds is 9. The fourth-order valence-corrected chi connectivity index (χ4v) is 1.66. The molecule has 0 aliphatic heterocycles. The van der Waals surface area contributed by atoms with Crippen LogP contribution in [-0.4, -0.2) is 25.0 Å². The molecule has 3 nitrogen and oxygen atoms in total. The third kappa shape index (κ3) is 9.73. The molecule has 0 aliphatic carbocycles. The predicted molar refractivity (Wildman–Crippen MR) is 64.9 cm³/mol. The van der Waals surface area contributed by atoms with Crippen molar-refractivity contribution in [2.45, 2.75) is 58.9 Å². The molecule has 0 saturated carbocycles. The van der Waals surface area contributed by atoms with Crippen LogP contribution < -0.4 is 10.6 Å². The molecule has 0 aromatic rings. The van der Waals surface area contributed by atoms with E-state index in [0.29, 0.717) is 6.04 Å². The zero-order chi connectivity index (χ0) is 11.5. The molecule has 0 aliphatic rings. The summed E-state index contributed by atoms with van der Waals surface area (Å²) in [5.74, 6) is 0.0531. The summed E-state index contributed by atoms with van der Waals surface area (Å²) in [7, 11) is 0. The van der Waals surface area contributed by atoms with Gasteiger partial charge in [0, 0.05) is 26.1 Å². The first-order valence-electron chi connectivity index (χ1n) is 6.18. The number of hydrogen-bond donors (Lipinski definition) is 2. The summed E-state index contributed by atoms with van der Waals surface area (Å²) in [4.78, 5) is 10.6. The van der Waals surface area contributed by atoms with Crippen LogP contribution in [0.3, 0.4) is 0 Å². The molecular weight excluding hydrogens is 188 g/mol. The highest BCUT2D eigenvalue weighted by Gasteiger charge is 2.05. The molecule has 15 heavy (non-hydrogen) atoms. The van der Waals surface area contributed by atoms with Crippen molar-refractivity contribution in [3.63, 3.8) is 0 Å². The first-order chi connectivity index (χ1) is 7.20. The molecule has 0 fully saturated rings. The SMILES string of the molecule is CCCCC(CCC)NCCNC(C)=O. The Balaban J connectivity index is 3.51. The molecule has 0 spiro atoms. The fraction of sp³-hybridized carbons (Fsp3) is 0.917. The van der Waals surface area contributed by atoms with E-state index in [2.05, 4.69) is 24.5 Å². The van der Waals surface area contributed by atoms with E-state index in [4.69, 9.17) is 0 Å². The molecule has 0 saturated heterocycles. The lowest BCUT2D eigenvalue weighted by atomic mass is 10.1. The van der Waals surface area contributed by atoms with Crippen molar-refractivity contribution in [1.82, 2.24) is 10.6 Å².